The lowest BCUT2D eigenvalue weighted by atomic mass is 10.2. The van der Waals surface area contributed by atoms with Gasteiger partial charge in [-0.1, -0.05) is 30.3 Å². The fourth-order valence-electron chi connectivity index (χ4n) is 2.43. The molecule has 0 aromatic heterocycles. The number of aliphatic imine (C=N–C) groups is 1. The quantitative estimate of drug-likeness (QED) is 0.618. The van der Waals surface area contributed by atoms with Crippen molar-refractivity contribution in [2.75, 3.05) is 13.6 Å². The topological polar surface area (TPSA) is 62.1 Å². The molecule has 5 nitrogen and oxygen atoms in total. The van der Waals surface area contributed by atoms with Gasteiger partial charge in [0.2, 0.25) is 0 Å². The van der Waals surface area contributed by atoms with Gasteiger partial charge in [0.1, 0.15) is 0 Å². The minimum Gasteiger partial charge on any atom is -0.366 e. The number of rotatable bonds is 5. The number of carbonyl (C=O) groups excluding carboxylic acids is 1. The lowest BCUT2D eigenvalue weighted by molar-refractivity contribution is 0.101. The van der Waals surface area contributed by atoms with E-state index in [9.17, 15) is 9.00 Å². The van der Waals surface area contributed by atoms with Gasteiger partial charge in [-0.2, -0.15) is 4.36 Å². The zero-order valence-corrected chi connectivity index (χ0v) is 14.5. The summed E-state index contributed by atoms with van der Waals surface area (Å²) in [7, 11) is -0.834. The van der Waals surface area contributed by atoms with Crippen molar-refractivity contribution < 1.29 is 9.00 Å². The summed E-state index contributed by atoms with van der Waals surface area (Å²) in [5.74, 6) is -0.180. The number of fused-ring (bicyclic) bond motifs is 1. The van der Waals surface area contributed by atoms with Crippen molar-refractivity contribution in [1.82, 2.24) is 4.90 Å². The molecule has 3 rings (SSSR count). The normalized spacial score (nSPS) is 19.3. The molecule has 1 aliphatic heterocycles. The minimum atomic E-state index is -2.75. The van der Waals surface area contributed by atoms with E-state index in [1.807, 2.05) is 49.2 Å². The highest BCUT2D eigenvalue weighted by atomic mass is 32.2. The van der Waals surface area contributed by atoms with Crippen LogP contribution < -0.4 is 0 Å². The molecule has 0 bridgehead atoms. The molecule has 0 radical (unpaired) electrons. The van der Waals surface area contributed by atoms with Crippen LogP contribution in [0.5, 0.6) is 0 Å². The zero-order valence-electron chi connectivity index (χ0n) is 13.7. The van der Waals surface area contributed by atoms with Gasteiger partial charge in [-0.05, 0) is 30.7 Å². The first-order chi connectivity index (χ1) is 11.5. The van der Waals surface area contributed by atoms with Crippen LogP contribution in [-0.4, -0.2) is 34.9 Å². The number of carbonyl (C=O) groups is 1. The van der Waals surface area contributed by atoms with E-state index >= 15 is 0 Å². The van der Waals surface area contributed by atoms with Gasteiger partial charge in [0.15, 0.2) is 0 Å². The second-order valence-corrected chi connectivity index (χ2v) is 7.86. The number of amides is 1. The standard InChI is InChI=1S/C18H19N3O2S/c1-3-21(2)13-19-15-9-10-17-16(11-15)18(22)20-24(17,23)12-14-7-5-4-6-8-14/h4-11,13H,3,12H2,1-2H3. The summed E-state index contributed by atoms with van der Waals surface area (Å²) in [6.07, 6.45) is 1.71. The molecule has 0 fully saturated rings. The lowest BCUT2D eigenvalue weighted by Crippen LogP contribution is -2.14. The van der Waals surface area contributed by atoms with Gasteiger partial charge in [0.05, 0.1) is 38.0 Å². The van der Waals surface area contributed by atoms with E-state index < -0.39 is 15.6 Å². The van der Waals surface area contributed by atoms with E-state index in [1.165, 1.54) is 0 Å². The molecule has 1 amide bonds. The molecule has 0 spiro atoms. The monoisotopic (exact) mass is 341 g/mol. The minimum absolute atomic E-state index is 0.244. The molecule has 1 heterocycles. The van der Waals surface area contributed by atoms with Crippen LogP contribution in [0.4, 0.5) is 5.69 Å². The third-order valence-corrected chi connectivity index (χ3v) is 6.10. The maximum Gasteiger partial charge on any atom is 0.286 e. The molecule has 6 heteroatoms. The average molecular weight is 341 g/mol. The summed E-state index contributed by atoms with van der Waals surface area (Å²) in [6, 6.07) is 14.6. The van der Waals surface area contributed by atoms with Crippen LogP contribution in [-0.2, 0) is 15.5 Å². The van der Waals surface area contributed by atoms with Crippen molar-refractivity contribution in [2.45, 2.75) is 17.6 Å². The summed E-state index contributed by atoms with van der Waals surface area (Å²) in [6.45, 7) is 2.86. The third-order valence-electron chi connectivity index (χ3n) is 3.88. The van der Waals surface area contributed by atoms with Crippen LogP contribution in [0.3, 0.4) is 0 Å². The molecule has 0 aliphatic carbocycles. The SMILES string of the molecule is CCN(C)C=Nc1ccc2c(c1)C(=O)N=S2(=O)Cc1ccccc1. The van der Waals surface area contributed by atoms with Crippen molar-refractivity contribution in [2.24, 2.45) is 9.36 Å². The molecular weight excluding hydrogens is 322 g/mol. The first-order valence-electron chi connectivity index (χ1n) is 7.73. The van der Waals surface area contributed by atoms with E-state index in [2.05, 4.69) is 9.36 Å². The van der Waals surface area contributed by atoms with Gasteiger partial charge in [0.25, 0.3) is 5.91 Å². The summed E-state index contributed by atoms with van der Waals surface area (Å²) in [4.78, 5) is 19.0. The van der Waals surface area contributed by atoms with Crippen LogP contribution in [0, 0.1) is 0 Å². The van der Waals surface area contributed by atoms with E-state index in [1.54, 1.807) is 24.5 Å². The highest BCUT2D eigenvalue weighted by Crippen LogP contribution is 2.32. The Kier molecular flexibility index (Phi) is 4.49. The maximum atomic E-state index is 13.2. The Balaban J connectivity index is 1.94. The van der Waals surface area contributed by atoms with Crippen LogP contribution in [0.2, 0.25) is 0 Å². The fraction of sp³-hybridized carbons (Fsp3) is 0.222. The highest BCUT2D eigenvalue weighted by molar-refractivity contribution is 7.93. The maximum absolute atomic E-state index is 13.2. The van der Waals surface area contributed by atoms with Crippen molar-refractivity contribution in [3.63, 3.8) is 0 Å². The first-order valence-corrected chi connectivity index (χ1v) is 9.42. The predicted molar refractivity (Wildman–Crippen MR) is 96.2 cm³/mol. The molecule has 0 saturated heterocycles. The highest BCUT2D eigenvalue weighted by Gasteiger charge is 2.29. The molecule has 0 saturated carbocycles. The molecule has 2 aromatic carbocycles. The van der Waals surface area contributed by atoms with Crippen LogP contribution in [0.15, 0.2) is 62.8 Å². The molecule has 2 aromatic rings. The number of hydrogen-bond donors (Lipinski definition) is 0. The number of hydrogen-bond acceptors (Lipinski definition) is 3. The number of benzene rings is 2. The second-order valence-electron chi connectivity index (χ2n) is 5.67. The van der Waals surface area contributed by atoms with E-state index in [0.717, 1.165) is 12.1 Å². The molecule has 0 N–H and O–H groups in total. The molecular formula is C18H19N3O2S. The summed E-state index contributed by atoms with van der Waals surface area (Å²) < 4.78 is 17.1. The average Bonchev–Trinajstić information content (AvgIpc) is 2.83. The second kappa shape index (κ2) is 6.57. The van der Waals surface area contributed by atoms with E-state index in [4.69, 9.17) is 0 Å². The van der Waals surface area contributed by atoms with Crippen LogP contribution in [0.1, 0.15) is 22.8 Å². The lowest BCUT2D eigenvalue weighted by Gasteiger charge is -2.09. The Morgan fingerprint density at radius 3 is 2.67 bits per heavy atom. The van der Waals surface area contributed by atoms with Crippen molar-refractivity contribution in [3.05, 3.63) is 59.7 Å². The predicted octanol–water partition coefficient (Wildman–Crippen LogP) is 3.48. The van der Waals surface area contributed by atoms with Crippen molar-refractivity contribution in [1.29, 1.82) is 0 Å². The van der Waals surface area contributed by atoms with Gasteiger partial charge < -0.3 is 4.90 Å². The third kappa shape index (κ3) is 3.23. The Bertz CT molecular complexity index is 913. The molecule has 124 valence electrons. The first kappa shape index (κ1) is 16.4. The van der Waals surface area contributed by atoms with Gasteiger partial charge in [-0.15, -0.1) is 0 Å². The van der Waals surface area contributed by atoms with E-state index in [-0.39, 0.29) is 5.75 Å². The Morgan fingerprint density at radius 1 is 1.21 bits per heavy atom. The zero-order chi connectivity index (χ0) is 17.2. The Labute approximate surface area is 142 Å². The van der Waals surface area contributed by atoms with E-state index in [0.29, 0.717) is 16.1 Å². The van der Waals surface area contributed by atoms with Gasteiger partial charge >= 0.3 is 0 Å². The van der Waals surface area contributed by atoms with Crippen molar-refractivity contribution in [3.8, 4) is 0 Å². The summed E-state index contributed by atoms with van der Waals surface area (Å²) >= 11 is 0. The van der Waals surface area contributed by atoms with Gasteiger partial charge in [-0.25, -0.2) is 9.20 Å². The molecule has 1 aliphatic rings. The fourth-order valence-corrected chi connectivity index (χ4v) is 4.53. The summed E-state index contributed by atoms with van der Waals surface area (Å²) in [5.41, 5.74) is 1.95. The molecule has 1 unspecified atom stereocenters. The van der Waals surface area contributed by atoms with Crippen molar-refractivity contribution >= 4 is 27.7 Å². The smallest absolute Gasteiger partial charge is 0.286 e. The molecule has 1 atom stereocenters. The largest absolute Gasteiger partial charge is 0.366 e. The van der Waals surface area contributed by atoms with Gasteiger partial charge in [-0.3, -0.25) is 4.79 Å². The van der Waals surface area contributed by atoms with Crippen LogP contribution >= 0.6 is 0 Å². The Morgan fingerprint density at radius 2 is 1.96 bits per heavy atom. The molecule has 24 heavy (non-hydrogen) atoms. The van der Waals surface area contributed by atoms with Crippen LogP contribution in [0.25, 0.3) is 0 Å². The number of nitrogens with zero attached hydrogens (tertiary/aromatic N) is 3. The Hall–Kier alpha value is -2.47. The van der Waals surface area contributed by atoms with Gasteiger partial charge in [0, 0.05) is 13.6 Å². The summed E-state index contributed by atoms with van der Waals surface area (Å²) in [5, 5.41) is 0.